The average molecular weight is 407 g/mol. The monoisotopic (exact) mass is 406 g/mol. The van der Waals surface area contributed by atoms with E-state index in [1.807, 2.05) is 6.07 Å². The molecule has 0 spiro atoms. The highest BCUT2D eigenvalue weighted by atomic mass is 16.1. The molecule has 0 bridgehead atoms. The minimum Gasteiger partial charge on any atom is -0.398 e. The van der Waals surface area contributed by atoms with E-state index in [2.05, 4.69) is 12.2 Å². The van der Waals surface area contributed by atoms with Crippen LogP contribution in [0.3, 0.4) is 0 Å². The summed E-state index contributed by atoms with van der Waals surface area (Å²) in [5.41, 5.74) is 8.82. The van der Waals surface area contributed by atoms with Crippen LogP contribution in [-0.4, -0.2) is 18.1 Å². The maximum Gasteiger partial charge on any atom is 0.196 e. The van der Waals surface area contributed by atoms with Crippen LogP contribution in [-0.2, 0) is 0 Å². The molecule has 0 fully saturated rings. The Morgan fingerprint density at radius 2 is 1.23 bits per heavy atom. The first-order valence-corrected chi connectivity index (χ1v) is 11.5. The van der Waals surface area contributed by atoms with Gasteiger partial charge in [-0.25, -0.2) is 0 Å². The molecular formula is C26H34N2O2. The van der Waals surface area contributed by atoms with Gasteiger partial charge in [0.15, 0.2) is 11.6 Å². The Morgan fingerprint density at radius 1 is 0.700 bits per heavy atom. The van der Waals surface area contributed by atoms with Gasteiger partial charge in [-0.15, -0.1) is 0 Å². The van der Waals surface area contributed by atoms with Crippen molar-refractivity contribution in [1.29, 1.82) is 0 Å². The summed E-state index contributed by atoms with van der Waals surface area (Å²) < 4.78 is 0. The molecule has 160 valence electrons. The SMILES string of the molecule is CCCCCCCCCCCCNc1ccc(N)c2c1C(=O)c1ccccc1C2=O. The van der Waals surface area contributed by atoms with Gasteiger partial charge in [-0.05, 0) is 18.6 Å². The summed E-state index contributed by atoms with van der Waals surface area (Å²) in [6.45, 7) is 3.04. The fourth-order valence-corrected chi connectivity index (χ4v) is 4.23. The quantitative estimate of drug-likeness (QED) is 0.270. The second kappa shape index (κ2) is 11.0. The van der Waals surface area contributed by atoms with Crippen LogP contribution in [0.4, 0.5) is 11.4 Å². The molecule has 2 aromatic rings. The molecular weight excluding hydrogens is 372 g/mol. The molecule has 0 saturated heterocycles. The molecule has 3 N–H and O–H groups in total. The van der Waals surface area contributed by atoms with Crippen molar-refractivity contribution in [3.05, 3.63) is 58.7 Å². The van der Waals surface area contributed by atoms with Gasteiger partial charge in [-0.2, -0.15) is 0 Å². The smallest absolute Gasteiger partial charge is 0.196 e. The molecule has 4 heteroatoms. The number of carbonyl (C=O) groups is 2. The summed E-state index contributed by atoms with van der Waals surface area (Å²) in [4.78, 5) is 26.0. The number of fused-ring (bicyclic) bond motifs is 2. The molecule has 2 aromatic carbocycles. The Kier molecular flexibility index (Phi) is 8.06. The molecule has 0 aromatic heterocycles. The molecule has 0 amide bonds. The topological polar surface area (TPSA) is 72.2 Å². The first-order chi connectivity index (χ1) is 14.6. The zero-order valence-electron chi connectivity index (χ0n) is 18.1. The summed E-state index contributed by atoms with van der Waals surface area (Å²) in [6, 6.07) is 10.5. The molecule has 30 heavy (non-hydrogen) atoms. The van der Waals surface area contributed by atoms with Crippen LogP contribution in [0.25, 0.3) is 0 Å². The lowest BCUT2D eigenvalue weighted by atomic mass is 9.82. The Bertz CT molecular complexity index is 889. The van der Waals surface area contributed by atoms with E-state index in [0.29, 0.717) is 33.6 Å². The third-order valence-corrected chi connectivity index (χ3v) is 5.95. The second-order valence-electron chi connectivity index (χ2n) is 8.26. The highest BCUT2D eigenvalue weighted by Crippen LogP contribution is 2.35. The number of nitrogens with two attached hydrogens (primary N) is 1. The standard InChI is InChI=1S/C26H34N2O2/c1-2-3-4-5-6-7-8-9-10-13-18-28-22-17-16-21(27)23-24(22)26(30)20-15-12-11-14-19(20)25(23)29/h11-12,14-17,28H,2-10,13,18,27H2,1H3. The predicted octanol–water partition coefficient (Wildman–Crippen LogP) is 6.38. The summed E-state index contributed by atoms with van der Waals surface area (Å²) in [5.74, 6) is -0.293. The average Bonchev–Trinajstić information content (AvgIpc) is 2.76. The summed E-state index contributed by atoms with van der Waals surface area (Å²) in [7, 11) is 0. The van der Waals surface area contributed by atoms with Crippen LogP contribution in [0.5, 0.6) is 0 Å². The van der Waals surface area contributed by atoms with Gasteiger partial charge in [0.2, 0.25) is 0 Å². The third kappa shape index (κ3) is 5.10. The van der Waals surface area contributed by atoms with Crippen LogP contribution in [0.1, 0.15) is 103 Å². The van der Waals surface area contributed by atoms with Crippen LogP contribution in [0.15, 0.2) is 36.4 Å². The largest absolute Gasteiger partial charge is 0.398 e. The zero-order chi connectivity index (χ0) is 21.3. The Hall–Kier alpha value is -2.62. The predicted molar refractivity (Wildman–Crippen MR) is 124 cm³/mol. The number of anilines is 2. The summed E-state index contributed by atoms with van der Waals surface area (Å²) >= 11 is 0. The highest BCUT2D eigenvalue weighted by molar-refractivity contribution is 6.31. The van der Waals surface area contributed by atoms with Gasteiger partial charge in [0, 0.05) is 29.0 Å². The molecule has 4 nitrogen and oxygen atoms in total. The summed E-state index contributed by atoms with van der Waals surface area (Å²) in [5, 5.41) is 3.38. The molecule has 0 saturated carbocycles. The first kappa shape index (κ1) is 22.1. The number of nitrogens with one attached hydrogen (secondary N) is 1. The Balaban J connectivity index is 1.51. The van der Waals surface area contributed by atoms with E-state index in [0.717, 1.165) is 13.0 Å². The molecule has 1 aliphatic rings. The number of hydrogen-bond donors (Lipinski definition) is 2. The van der Waals surface area contributed by atoms with Gasteiger partial charge >= 0.3 is 0 Å². The zero-order valence-corrected chi connectivity index (χ0v) is 18.1. The van der Waals surface area contributed by atoms with Crippen LogP contribution in [0, 0.1) is 0 Å². The van der Waals surface area contributed by atoms with Gasteiger partial charge < -0.3 is 11.1 Å². The molecule has 0 atom stereocenters. The normalized spacial score (nSPS) is 12.6. The van der Waals surface area contributed by atoms with E-state index in [1.54, 1.807) is 30.3 Å². The van der Waals surface area contributed by atoms with E-state index >= 15 is 0 Å². The third-order valence-electron chi connectivity index (χ3n) is 5.95. The number of carbonyl (C=O) groups excluding carboxylic acids is 2. The minimum atomic E-state index is -0.166. The lowest BCUT2D eigenvalue weighted by Gasteiger charge is -2.22. The molecule has 3 rings (SSSR count). The lowest BCUT2D eigenvalue weighted by Crippen LogP contribution is -2.24. The second-order valence-corrected chi connectivity index (χ2v) is 8.26. The van der Waals surface area contributed by atoms with Crippen molar-refractivity contribution in [1.82, 2.24) is 0 Å². The molecule has 0 unspecified atom stereocenters. The van der Waals surface area contributed by atoms with Crippen molar-refractivity contribution >= 4 is 22.9 Å². The first-order valence-electron chi connectivity index (χ1n) is 11.5. The molecule has 0 radical (unpaired) electrons. The molecule has 0 heterocycles. The Labute approximate surface area is 180 Å². The van der Waals surface area contributed by atoms with E-state index in [4.69, 9.17) is 5.73 Å². The minimum absolute atomic E-state index is 0.127. The lowest BCUT2D eigenvalue weighted by molar-refractivity contribution is 0.0980. The van der Waals surface area contributed by atoms with Crippen LogP contribution in [0.2, 0.25) is 0 Å². The van der Waals surface area contributed by atoms with Crippen molar-refractivity contribution in [2.45, 2.75) is 71.1 Å². The fourth-order valence-electron chi connectivity index (χ4n) is 4.23. The van der Waals surface area contributed by atoms with E-state index in [-0.39, 0.29) is 11.6 Å². The van der Waals surface area contributed by atoms with Gasteiger partial charge in [-0.1, -0.05) is 89.0 Å². The Morgan fingerprint density at radius 3 is 1.83 bits per heavy atom. The maximum atomic E-state index is 13.1. The van der Waals surface area contributed by atoms with E-state index < -0.39 is 0 Å². The van der Waals surface area contributed by atoms with Crippen molar-refractivity contribution in [3.8, 4) is 0 Å². The fraction of sp³-hybridized carbons (Fsp3) is 0.462. The highest BCUT2D eigenvalue weighted by Gasteiger charge is 2.33. The molecule has 1 aliphatic carbocycles. The van der Waals surface area contributed by atoms with Gasteiger partial charge in [0.25, 0.3) is 0 Å². The van der Waals surface area contributed by atoms with Gasteiger partial charge in [0.05, 0.1) is 11.1 Å². The van der Waals surface area contributed by atoms with E-state index in [1.165, 1.54) is 57.8 Å². The van der Waals surface area contributed by atoms with Crippen molar-refractivity contribution in [2.75, 3.05) is 17.6 Å². The van der Waals surface area contributed by atoms with Crippen molar-refractivity contribution < 1.29 is 9.59 Å². The maximum absolute atomic E-state index is 13.1. The number of hydrogen-bond acceptors (Lipinski definition) is 4. The van der Waals surface area contributed by atoms with Crippen LogP contribution >= 0.6 is 0 Å². The van der Waals surface area contributed by atoms with E-state index in [9.17, 15) is 9.59 Å². The summed E-state index contributed by atoms with van der Waals surface area (Å²) in [6.07, 6.45) is 12.9. The number of benzene rings is 2. The van der Waals surface area contributed by atoms with Crippen LogP contribution < -0.4 is 11.1 Å². The number of ketones is 2. The van der Waals surface area contributed by atoms with Crippen molar-refractivity contribution in [3.63, 3.8) is 0 Å². The number of rotatable bonds is 12. The van der Waals surface area contributed by atoms with Gasteiger partial charge in [-0.3, -0.25) is 9.59 Å². The number of unbranched alkanes of at least 4 members (excludes halogenated alkanes) is 9. The van der Waals surface area contributed by atoms with Crippen molar-refractivity contribution in [2.24, 2.45) is 0 Å². The molecule has 0 aliphatic heterocycles. The van der Waals surface area contributed by atoms with Gasteiger partial charge in [0.1, 0.15) is 0 Å². The number of nitrogen functional groups attached to an aromatic ring is 1.